The summed E-state index contributed by atoms with van der Waals surface area (Å²) in [5.41, 5.74) is 0.320. The first-order chi connectivity index (χ1) is 15.1. The SMILES string of the molecule is COc1cccc2cc(C(=O)NCCN3CCN(C(=O)c4ccsc4)CC3)c(=O)oc12. The summed E-state index contributed by atoms with van der Waals surface area (Å²) in [4.78, 5) is 41.2. The third kappa shape index (κ3) is 4.62. The van der Waals surface area contributed by atoms with Crippen LogP contribution < -0.4 is 15.7 Å². The quantitative estimate of drug-likeness (QED) is 0.589. The monoisotopic (exact) mass is 441 g/mol. The van der Waals surface area contributed by atoms with Crippen molar-refractivity contribution in [2.45, 2.75) is 0 Å². The van der Waals surface area contributed by atoms with E-state index in [0.29, 0.717) is 42.9 Å². The lowest BCUT2D eigenvalue weighted by Crippen LogP contribution is -2.50. The maximum Gasteiger partial charge on any atom is 0.349 e. The molecule has 0 saturated carbocycles. The van der Waals surface area contributed by atoms with Gasteiger partial charge < -0.3 is 19.4 Å². The summed E-state index contributed by atoms with van der Waals surface area (Å²) in [5.74, 6) is 0.0387. The van der Waals surface area contributed by atoms with E-state index in [9.17, 15) is 14.4 Å². The molecule has 162 valence electrons. The lowest BCUT2D eigenvalue weighted by Gasteiger charge is -2.34. The number of amides is 2. The molecule has 0 radical (unpaired) electrons. The van der Waals surface area contributed by atoms with Crippen molar-refractivity contribution < 1.29 is 18.7 Å². The Kier molecular flexibility index (Phi) is 6.34. The molecule has 8 nitrogen and oxygen atoms in total. The molecule has 3 heterocycles. The Morgan fingerprint density at radius 3 is 2.71 bits per heavy atom. The standard InChI is InChI=1S/C22H23N3O5S/c1-29-18-4-2-3-15-13-17(22(28)30-19(15)18)20(26)23-6-7-24-8-10-25(11-9-24)21(27)16-5-12-31-14-16/h2-5,12-14H,6-11H2,1H3,(H,23,26). The number of carbonyl (C=O) groups is 2. The summed E-state index contributed by atoms with van der Waals surface area (Å²) in [6.45, 7) is 3.82. The van der Waals surface area contributed by atoms with Crippen molar-refractivity contribution in [3.8, 4) is 5.75 Å². The number of thiophene rings is 1. The highest BCUT2D eigenvalue weighted by atomic mass is 32.1. The third-order valence-electron chi connectivity index (χ3n) is 5.33. The Labute approximate surface area is 183 Å². The smallest absolute Gasteiger partial charge is 0.349 e. The first-order valence-corrected chi connectivity index (χ1v) is 10.9. The number of para-hydroxylation sites is 1. The van der Waals surface area contributed by atoms with E-state index in [-0.39, 0.29) is 11.5 Å². The first kappa shape index (κ1) is 21.1. The van der Waals surface area contributed by atoms with E-state index in [1.165, 1.54) is 24.5 Å². The molecule has 9 heteroatoms. The van der Waals surface area contributed by atoms with Gasteiger partial charge in [0.25, 0.3) is 11.8 Å². The largest absolute Gasteiger partial charge is 0.493 e. The number of benzene rings is 1. The van der Waals surface area contributed by atoms with Crippen molar-refractivity contribution in [3.05, 3.63) is 62.6 Å². The van der Waals surface area contributed by atoms with Crippen LogP contribution in [-0.2, 0) is 0 Å². The van der Waals surface area contributed by atoms with Gasteiger partial charge in [0.15, 0.2) is 11.3 Å². The van der Waals surface area contributed by atoms with Gasteiger partial charge in [-0.15, -0.1) is 0 Å². The molecular weight excluding hydrogens is 418 g/mol. The minimum atomic E-state index is -0.699. The van der Waals surface area contributed by atoms with Crippen LogP contribution in [0, 0.1) is 0 Å². The Morgan fingerprint density at radius 1 is 1.19 bits per heavy atom. The Balaban J connectivity index is 1.29. The number of nitrogens with one attached hydrogen (secondary N) is 1. The summed E-state index contributed by atoms with van der Waals surface area (Å²) < 4.78 is 10.5. The van der Waals surface area contributed by atoms with Gasteiger partial charge in [-0.1, -0.05) is 12.1 Å². The van der Waals surface area contributed by atoms with Crippen LogP contribution in [0.3, 0.4) is 0 Å². The van der Waals surface area contributed by atoms with Gasteiger partial charge in [-0.3, -0.25) is 14.5 Å². The molecule has 1 saturated heterocycles. The summed E-state index contributed by atoms with van der Waals surface area (Å²) in [6, 6.07) is 8.58. The van der Waals surface area contributed by atoms with Crippen LogP contribution in [0.4, 0.5) is 0 Å². The molecule has 4 rings (SSSR count). The van der Waals surface area contributed by atoms with Crippen LogP contribution in [0.15, 0.2) is 50.3 Å². The Hall–Kier alpha value is -3.17. The van der Waals surface area contributed by atoms with E-state index < -0.39 is 11.5 Å². The zero-order valence-electron chi connectivity index (χ0n) is 17.1. The van der Waals surface area contributed by atoms with Crippen LogP contribution in [0.2, 0.25) is 0 Å². The fourth-order valence-corrected chi connectivity index (χ4v) is 4.23. The predicted octanol–water partition coefficient (Wildman–Crippen LogP) is 2.05. The molecule has 1 N–H and O–H groups in total. The number of hydrogen-bond acceptors (Lipinski definition) is 7. The van der Waals surface area contributed by atoms with Crippen molar-refractivity contribution in [1.82, 2.24) is 15.1 Å². The van der Waals surface area contributed by atoms with E-state index in [1.807, 2.05) is 21.7 Å². The molecular formula is C22H23N3O5S. The van der Waals surface area contributed by atoms with Gasteiger partial charge in [0.2, 0.25) is 0 Å². The second-order valence-corrected chi connectivity index (χ2v) is 8.01. The van der Waals surface area contributed by atoms with Crippen molar-refractivity contribution in [3.63, 3.8) is 0 Å². The van der Waals surface area contributed by atoms with Gasteiger partial charge in [0, 0.05) is 50.0 Å². The molecule has 3 aromatic rings. The highest BCUT2D eigenvalue weighted by molar-refractivity contribution is 7.08. The van der Waals surface area contributed by atoms with Gasteiger partial charge in [-0.25, -0.2) is 4.79 Å². The van der Waals surface area contributed by atoms with Crippen molar-refractivity contribution in [2.24, 2.45) is 0 Å². The number of ether oxygens (including phenoxy) is 1. The zero-order chi connectivity index (χ0) is 21.8. The predicted molar refractivity (Wildman–Crippen MR) is 118 cm³/mol. The molecule has 1 aliphatic heterocycles. The lowest BCUT2D eigenvalue weighted by atomic mass is 10.1. The molecule has 0 spiro atoms. The average Bonchev–Trinajstić information content (AvgIpc) is 3.33. The Morgan fingerprint density at radius 2 is 2.00 bits per heavy atom. The Bertz CT molecular complexity index is 1130. The van der Waals surface area contributed by atoms with E-state index in [1.54, 1.807) is 18.2 Å². The van der Waals surface area contributed by atoms with Crippen molar-refractivity contribution >= 4 is 34.1 Å². The van der Waals surface area contributed by atoms with Crippen molar-refractivity contribution in [2.75, 3.05) is 46.4 Å². The number of piperazine rings is 1. The zero-order valence-corrected chi connectivity index (χ0v) is 17.9. The molecule has 1 aromatic carbocycles. The molecule has 0 aliphatic carbocycles. The van der Waals surface area contributed by atoms with Gasteiger partial charge in [-0.2, -0.15) is 11.3 Å². The van der Waals surface area contributed by atoms with Gasteiger partial charge in [0.05, 0.1) is 12.7 Å². The second-order valence-electron chi connectivity index (χ2n) is 7.23. The molecule has 1 aliphatic rings. The minimum Gasteiger partial charge on any atom is -0.493 e. The topological polar surface area (TPSA) is 92.1 Å². The van der Waals surface area contributed by atoms with E-state index in [4.69, 9.17) is 9.15 Å². The molecule has 0 unspecified atom stereocenters. The molecule has 2 aromatic heterocycles. The highest BCUT2D eigenvalue weighted by Crippen LogP contribution is 2.24. The van der Waals surface area contributed by atoms with E-state index in [0.717, 1.165) is 18.7 Å². The maximum absolute atomic E-state index is 12.5. The maximum atomic E-state index is 12.5. The molecule has 0 bridgehead atoms. The summed E-state index contributed by atoms with van der Waals surface area (Å²) in [6.07, 6.45) is 0. The van der Waals surface area contributed by atoms with Crippen LogP contribution in [0.5, 0.6) is 5.75 Å². The molecule has 0 atom stereocenters. The fourth-order valence-electron chi connectivity index (χ4n) is 3.60. The normalized spacial score (nSPS) is 14.5. The van der Waals surface area contributed by atoms with Gasteiger partial charge >= 0.3 is 5.63 Å². The molecule has 2 amide bonds. The third-order valence-corrected chi connectivity index (χ3v) is 6.01. The van der Waals surface area contributed by atoms with Crippen LogP contribution in [0.25, 0.3) is 11.0 Å². The van der Waals surface area contributed by atoms with Gasteiger partial charge in [-0.05, 0) is 23.6 Å². The highest BCUT2D eigenvalue weighted by Gasteiger charge is 2.22. The van der Waals surface area contributed by atoms with Gasteiger partial charge in [0.1, 0.15) is 5.56 Å². The number of fused-ring (bicyclic) bond motifs is 1. The molecule has 1 fully saturated rings. The van der Waals surface area contributed by atoms with Crippen LogP contribution in [-0.4, -0.2) is 68.0 Å². The average molecular weight is 442 g/mol. The van der Waals surface area contributed by atoms with Crippen LogP contribution >= 0.6 is 11.3 Å². The minimum absolute atomic E-state index is 0.0352. The summed E-state index contributed by atoms with van der Waals surface area (Å²) in [5, 5.41) is 7.17. The van der Waals surface area contributed by atoms with Crippen molar-refractivity contribution in [1.29, 1.82) is 0 Å². The summed E-state index contributed by atoms with van der Waals surface area (Å²) in [7, 11) is 1.49. The lowest BCUT2D eigenvalue weighted by molar-refractivity contribution is 0.0638. The number of rotatable bonds is 6. The number of methoxy groups -OCH3 is 1. The summed E-state index contributed by atoms with van der Waals surface area (Å²) >= 11 is 1.51. The first-order valence-electron chi connectivity index (χ1n) is 9.99. The number of hydrogen-bond donors (Lipinski definition) is 1. The second kappa shape index (κ2) is 9.32. The number of carbonyl (C=O) groups excluding carboxylic acids is 2. The number of nitrogens with zero attached hydrogens (tertiary/aromatic N) is 2. The van der Waals surface area contributed by atoms with E-state index >= 15 is 0 Å². The van der Waals surface area contributed by atoms with Crippen LogP contribution in [0.1, 0.15) is 20.7 Å². The van der Waals surface area contributed by atoms with E-state index in [2.05, 4.69) is 10.2 Å². The molecule has 31 heavy (non-hydrogen) atoms. The fraction of sp³-hybridized carbons (Fsp3) is 0.318.